The van der Waals surface area contributed by atoms with Crippen LogP contribution in [0.15, 0.2) is 217 Å². The summed E-state index contributed by atoms with van der Waals surface area (Å²) in [6, 6.07) is 77.9. The minimum absolute atomic E-state index is 0.127. The molecule has 0 amide bonds. The molecule has 0 saturated carbocycles. The number of benzene rings is 9. The van der Waals surface area contributed by atoms with Gasteiger partial charge in [0.25, 0.3) is 0 Å². The minimum Gasteiger partial charge on any atom is -0.455 e. The zero-order valence-electron chi connectivity index (χ0n) is 33.6. The van der Waals surface area contributed by atoms with Gasteiger partial charge in [-0.3, -0.25) is 0 Å². The average Bonchev–Trinajstić information content (AvgIpc) is 3.91. The Morgan fingerprint density at radius 3 is 1.57 bits per heavy atom. The molecule has 0 N–H and O–H groups in total. The van der Waals surface area contributed by atoms with Gasteiger partial charge in [0.15, 0.2) is 0 Å². The van der Waals surface area contributed by atoms with E-state index in [1.54, 1.807) is 0 Å². The van der Waals surface area contributed by atoms with Crippen LogP contribution in [-0.4, -0.2) is 0 Å². The summed E-state index contributed by atoms with van der Waals surface area (Å²) in [5.74, 6) is 0. The standard InChI is InChI=1S/C58H41NO/c1-57(2)51-23-10-6-17-45(51)48-36-35-43(37-54(48)57)59(41-31-27-38(28-32-41)44-21-14-22-50-49-20-9-13-26-55(49)60-56(44)50)42-33-29-40(30-34-42)58(39-15-4-3-5-16-39)52-24-11-7-18-46(52)47-19-8-12-25-53(47)58/h3-37H,1-2H3. The third kappa shape index (κ3) is 4.88. The van der Waals surface area contributed by atoms with Gasteiger partial charge in [0.05, 0.1) is 5.41 Å². The second kappa shape index (κ2) is 13.0. The molecule has 2 aliphatic rings. The molecule has 2 aliphatic carbocycles. The summed E-state index contributed by atoms with van der Waals surface area (Å²) in [6.45, 7) is 4.71. The summed E-state index contributed by atoms with van der Waals surface area (Å²) in [4.78, 5) is 2.42. The topological polar surface area (TPSA) is 16.4 Å². The lowest BCUT2D eigenvalue weighted by Gasteiger charge is -2.34. The smallest absolute Gasteiger partial charge is 0.143 e. The summed E-state index contributed by atoms with van der Waals surface area (Å²) in [7, 11) is 0. The minimum atomic E-state index is -0.458. The highest BCUT2D eigenvalue weighted by molar-refractivity contribution is 6.09. The van der Waals surface area contributed by atoms with Gasteiger partial charge in [0.2, 0.25) is 0 Å². The van der Waals surface area contributed by atoms with Crippen molar-refractivity contribution >= 4 is 39.0 Å². The quantitative estimate of drug-likeness (QED) is 0.168. The lowest BCUT2D eigenvalue weighted by Crippen LogP contribution is -2.28. The van der Waals surface area contributed by atoms with Crippen LogP contribution in [0.2, 0.25) is 0 Å². The molecule has 2 heteroatoms. The summed E-state index contributed by atoms with van der Waals surface area (Å²) in [5.41, 5.74) is 19.9. The second-order valence-electron chi connectivity index (χ2n) is 16.8. The van der Waals surface area contributed by atoms with Crippen molar-refractivity contribution in [1.29, 1.82) is 0 Å². The van der Waals surface area contributed by atoms with Crippen molar-refractivity contribution < 1.29 is 4.42 Å². The highest BCUT2D eigenvalue weighted by Gasteiger charge is 2.46. The van der Waals surface area contributed by atoms with E-state index < -0.39 is 5.41 Å². The lowest BCUT2D eigenvalue weighted by atomic mass is 9.68. The lowest BCUT2D eigenvalue weighted by molar-refractivity contribution is 0.660. The molecule has 12 rings (SSSR count). The van der Waals surface area contributed by atoms with E-state index in [-0.39, 0.29) is 5.41 Å². The molecule has 0 spiro atoms. The fourth-order valence-electron chi connectivity index (χ4n) is 10.6. The summed E-state index contributed by atoms with van der Waals surface area (Å²) >= 11 is 0. The number of anilines is 3. The summed E-state index contributed by atoms with van der Waals surface area (Å²) < 4.78 is 6.47. The first kappa shape index (κ1) is 34.6. The van der Waals surface area contributed by atoms with E-state index in [4.69, 9.17) is 4.42 Å². The van der Waals surface area contributed by atoms with Crippen molar-refractivity contribution in [3.05, 3.63) is 246 Å². The van der Waals surface area contributed by atoms with Crippen LogP contribution in [0.4, 0.5) is 17.1 Å². The van der Waals surface area contributed by atoms with Gasteiger partial charge in [0, 0.05) is 38.8 Å². The molecule has 1 heterocycles. The number of furan rings is 1. The maximum atomic E-state index is 6.47. The fourth-order valence-corrected chi connectivity index (χ4v) is 10.6. The maximum Gasteiger partial charge on any atom is 0.143 e. The normalized spacial score (nSPS) is 14.1. The van der Waals surface area contributed by atoms with Crippen LogP contribution in [0.5, 0.6) is 0 Å². The van der Waals surface area contributed by atoms with Gasteiger partial charge < -0.3 is 9.32 Å². The third-order valence-corrected chi connectivity index (χ3v) is 13.4. The zero-order valence-corrected chi connectivity index (χ0v) is 33.6. The molecule has 0 saturated heterocycles. The van der Waals surface area contributed by atoms with Crippen molar-refractivity contribution in [2.75, 3.05) is 4.90 Å². The van der Waals surface area contributed by atoms with Crippen molar-refractivity contribution in [2.24, 2.45) is 0 Å². The number of hydrogen-bond acceptors (Lipinski definition) is 2. The molecule has 9 aromatic carbocycles. The van der Waals surface area contributed by atoms with Crippen LogP contribution in [0.3, 0.4) is 0 Å². The van der Waals surface area contributed by atoms with Crippen LogP contribution in [-0.2, 0) is 10.8 Å². The van der Waals surface area contributed by atoms with Crippen molar-refractivity contribution in [3.8, 4) is 33.4 Å². The first-order chi connectivity index (χ1) is 29.5. The second-order valence-corrected chi connectivity index (χ2v) is 16.8. The first-order valence-electron chi connectivity index (χ1n) is 20.9. The number of fused-ring (bicyclic) bond motifs is 9. The SMILES string of the molecule is CC1(C)c2ccccc2-c2ccc(N(c3ccc(-c4cccc5c4oc4ccccc45)cc3)c3ccc(C4(c5ccccc5)c5ccccc5-c5ccccc54)cc3)cc21. The number of nitrogens with zero attached hydrogens (tertiary/aromatic N) is 1. The zero-order chi connectivity index (χ0) is 40.0. The van der Waals surface area contributed by atoms with Crippen LogP contribution in [0.25, 0.3) is 55.3 Å². The van der Waals surface area contributed by atoms with E-state index in [1.165, 1.54) is 55.6 Å². The van der Waals surface area contributed by atoms with Crippen LogP contribution >= 0.6 is 0 Å². The fraction of sp³-hybridized carbons (Fsp3) is 0.0690. The predicted molar refractivity (Wildman–Crippen MR) is 249 cm³/mol. The largest absolute Gasteiger partial charge is 0.455 e. The Kier molecular flexibility index (Phi) is 7.52. The first-order valence-corrected chi connectivity index (χ1v) is 20.9. The van der Waals surface area contributed by atoms with E-state index in [1.807, 2.05) is 12.1 Å². The van der Waals surface area contributed by atoms with E-state index in [0.717, 1.165) is 50.1 Å². The van der Waals surface area contributed by atoms with Gasteiger partial charge in [0.1, 0.15) is 11.2 Å². The van der Waals surface area contributed by atoms with Gasteiger partial charge in [-0.25, -0.2) is 0 Å². The molecular weight excluding hydrogens is 727 g/mol. The Labute approximate surface area is 350 Å². The highest BCUT2D eigenvalue weighted by Crippen LogP contribution is 2.56. The molecule has 0 unspecified atom stereocenters. The molecule has 2 nitrogen and oxygen atoms in total. The third-order valence-electron chi connectivity index (χ3n) is 13.4. The molecule has 0 aliphatic heterocycles. The molecule has 60 heavy (non-hydrogen) atoms. The van der Waals surface area contributed by atoms with Crippen molar-refractivity contribution in [3.63, 3.8) is 0 Å². The van der Waals surface area contributed by atoms with Gasteiger partial charge in [-0.2, -0.15) is 0 Å². The van der Waals surface area contributed by atoms with Gasteiger partial charge in [-0.05, 0) is 104 Å². The average molecular weight is 768 g/mol. The predicted octanol–water partition coefficient (Wildman–Crippen LogP) is 15.4. The summed E-state index contributed by atoms with van der Waals surface area (Å²) in [6.07, 6.45) is 0. The summed E-state index contributed by atoms with van der Waals surface area (Å²) in [5, 5.41) is 2.28. The van der Waals surface area contributed by atoms with E-state index in [2.05, 4.69) is 219 Å². The Morgan fingerprint density at radius 1 is 0.367 bits per heavy atom. The van der Waals surface area contributed by atoms with Crippen LogP contribution in [0.1, 0.15) is 47.2 Å². The molecule has 1 aromatic heterocycles. The number of rotatable bonds is 6. The van der Waals surface area contributed by atoms with Crippen molar-refractivity contribution in [1.82, 2.24) is 0 Å². The molecule has 284 valence electrons. The monoisotopic (exact) mass is 767 g/mol. The van der Waals surface area contributed by atoms with Crippen LogP contribution < -0.4 is 4.90 Å². The molecule has 0 radical (unpaired) electrons. The molecule has 0 bridgehead atoms. The molecule has 0 atom stereocenters. The van der Waals surface area contributed by atoms with E-state index in [0.29, 0.717) is 0 Å². The Bertz CT molecular complexity index is 3230. The van der Waals surface area contributed by atoms with Gasteiger partial charge >= 0.3 is 0 Å². The number of para-hydroxylation sites is 2. The molecular formula is C58H41NO. The molecule has 0 fully saturated rings. The molecule has 10 aromatic rings. The Morgan fingerprint density at radius 2 is 0.867 bits per heavy atom. The van der Waals surface area contributed by atoms with Crippen molar-refractivity contribution in [2.45, 2.75) is 24.7 Å². The maximum absolute atomic E-state index is 6.47. The van der Waals surface area contributed by atoms with Gasteiger partial charge in [-0.1, -0.05) is 184 Å². The Hall–Kier alpha value is -7.42. The highest BCUT2D eigenvalue weighted by atomic mass is 16.3. The van der Waals surface area contributed by atoms with E-state index >= 15 is 0 Å². The van der Waals surface area contributed by atoms with Crippen LogP contribution in [0, 0.1) is 0 Å². The Balaban J connectivity index is 1.02. The van der Waals surface area contributed by atoms with Gasteiger partial charge in [-0.15, -0.1) is 0 Å². The number of hydrogen-bond donors (Lipinski definition) is 0. The van der Waals surface area contributed by atoms with E-state index in [9.17, 15) is 0 Å².